The summed E-state index contributed by atoms with van der Waals surface area (Å²) >= 11 is 0. The summed E-state index contributed by atoms with van der Waals surface area (Å²) in [4.78, 5) is 10.1. The third-order valence-electron chi connectivity index (χ3n) is 2.86. The Bertz CT molecular complexity index is 632. The molecule has 0 heterocycles. The first-order valence-electron chi connectivity index (χ1n) is 6.08. The zero-order chi connectivity index (χ0) is 14.5. The molecule has 20 heavy (non-hydrogen) atoms. The standard InChI is InChI=1S/C14H14FN3O2/c15-11-3-1-2-10(8-11)6-7-17-12-4-5-14(18(19)20)13(16)9-12/h1-5,8-9,17H,6-7,16H2. The van der Waals surface area contributed by atoms with Crippen LogP contribution in [0.15, 0.2) is 42.5 Å². The number of nitro groups is 1. The minimum Gasteiger partial charge on any atom is -0.393 e. The highest BCUT2D eigenvalue weighted by atomic mass is 19.1. The van der Waals surface area contributed by atoms with E-state index in [9.17, 15) is 14.5 Å². The Morgan fingerprint density at radius 3 is 2.70 bits per heavy atom. The zero-order valence-corrected chi connectivity index (χ0v) is 10.7. The molecule has 2 rings (SSSR count). The molecular weight excluding hydrogens is 261 g/mol. The maximum atomic E-state index is 13.0. The average molecular weight is 275 g/mol. The van der Waals surface area contributed by atoms with Gasteiger partial charge in [0.15, 0.2) is 0 Å². The summed E-state index contributed by atoms with van der Waals surface area (Å²) in [5.41, 5.74) is 7.18. The van der Waals surface area contributed by atoms with Gasteiger partial charge in [-0.3, -0.25) is 10.1 Å². The molecule has 2 aromatic rings. The molecule has 0 bridgehead atoms. The fraction of sp³-hybridized carbons (Fsp3) is 0.143. The summed E-state index contributed by atoms with van der Waals surface area (Å²) in [6, 6.07) is 10.9. The lowest BCUT2D eigenvalue weighted by atomic mass is 10.1. The van der Waals surface area contributed by atoms with Crippen LogP contribution < -0.4 is 11.1 Å². The van der Waals surface area contributed by atoms with E-state index in [2.05, 4.69) is 5.32 Å². The van der Waals surface area contributed by atoms with Gasteiger partial charge in [0.1, 0.15) is 11.5 Å². The van der Waals surface area contributed by atoms with E-state index in [0.717, 1.165) is 5.56 Å². The number of nitrogen functional groups attached to an aromatic ring is 1. The van der Waals surface area contributed by atoms with Crippen molar-refractivity contribution in [1.29, 1.82) is 0 Å². The maximum Gasteiger partial charge on any atom is 0.292 e. The number of benzene rings is 2. The van der Waals surface area contributed by atoms with Gasteiger partial charge in [-0.05, 0) is 36.2 Å². The SMILES string of the molecule is Nc1cc(NCCc2cccc(F)c2)ccc1[N+](=O)[O-]. The van der Waals surface area contributed by atoms with Gasteiger partial charge in [-0.2, -0.15) is 0 Å². The Morgan fingerprint density at radius 2 is 2.05 bits per heavy atom. The van der Waals surface area contributed by atoms with Gasteiger partial charge in [-0.15, -0.1) is 0 Å². The van der Waals surface area contributed by atoms with Crippen molar-refractivity contribution in [3.8, 4) is 0 Å². The van der Waals surface area contributed by atoms with E-state index in [1.165, 1.54) is 24.3 Å². The Kier molecular flexibility index (Phi) is 4.14. The number of rotatable bonds is 5. The van der Waals surface area contributed by atoms with Crippen LogP contribution in [0.3, 0.4) is 0 Å². The van der Waals surface area contributed by atoms with Crippen LogP contribution in [0.5, 0.6) is 0 Å². The zero-order valence-electron chi connectivity index (χ0n) is 10.7. The van der Waals surface area contributed by atoms with Crippen molar-refractivity contribution in [2.75, 3.05) is 17.6 Å². The molecule has 0 amide bonds. The first-order chi connectivity index (χ1) is 9.56. The summed E-state index contributed by atoms with van der Waals surface area (Å²) in [5.74, 6) is -0.262. The van der Waals surface area contributed by atoms with Gasteiger partial charge in [-0.1, -0.05) is 12.1 Å². The van der Waals surface area contributed by atoms with Gasteiger partial charge < -0.3 is 11.1 Å². The third-order valence-corrected chi connectivity index (χ3v) is 2.86. The first-order valence-corrected chi connectivity index (χ1v) is 6.08. The van der Waals surface area contributed by atoms with Gasteiger partial charge in [0, 0.05) is 18.3 Å². The molecule has 0 aromatic heterocycles. The first kappa shape index (κ1) is 13.8. The fourth-order valence-electron chi connectivity index (χ4n) is 1.87. The summed E-state index contributed by atoms with van der Waals surface area (Å²) in [5, 5.41) is 13.7. The number of hydrogen-bond acceptors (Lipinski definition) is 4. The number of hydrogen-bond donors (Lipinski definition) is 2. The summed E-state index contributed by atoms with van der Waals surface area (Å²) in [6.07, 6.45) is 0.647. The number of halogens is 1. The van der Waals surface area contributed by atoms with Crippen LogP contribution in [0, 0.1) is 15.9 Å². The van der Waals surface area contributed by atoms with E-state index >= 15 is 0 Å². The van der Waals surface area contributed by atoms with Crippen molar-refractivity contribution in [3.05, 3.63) is 64.0 Å². The van der Waals surface area contributed by atoms with Gasteiger partial charge in [0.2, 0.25) is 0 Å². The van der Waals surface area contributed by atoms with E-state index in [1.54, 1.807) is 12.1 Å². The summed E-state index contributed by atoms with van der Waals surface area (Å²) in [6.45, 7) is 0.584. The van der Waals surface area contributed by atoms with Crippen LogP contribution >= 0.6 is 0 Å². The quantitative estimate of drug-likeness (QED) is 0.499. The van der Waals surface area contributed by atoms with E-state index < -0.39 is 4.92 Å². The molecule has 3 N–H and O–H groups in total. The average Bonchev–Trinajstić information content (AvgIpc) is 2.38. The highest BCUT2D eigenvalue weighted by Gasteiger charge is 2.10. The van der Waals surface area contributed by atoms with Gasteiger partial charge in [-0.25, -0.2) is 4.39 Å². The third kappa shape index (κ3) is 3.44. The molecule has 2 aromatic carbocycles. The Hall–Kier alpha value is -2.63. The van der Waals surface area contributed by atoms with Crippen LogP contribution in [0.4, 0.5) is 21.5 Å². The topological polar surface area (TPSA) is 81.2 Å². The monoisotopic (exact) mass is 275 g/mol. The molecule has 0 spiro atoms. The lowest BCUT2D eigenvalue weighted by Gasteiger charge is -2.07. The van der Waals surface area contributed by atoms with Crippen LogP contribution in [0.25, 0.3) is 0 Å². The molecule has 6 heteroatoms. The second-order valence-corrected chi connectivity index (χ2v) is 4.34. The Balaban J connectivity index is 1.94. The van der Waals surface area contributed by atoms with E-state index in [1.807, 2.05) is 6.07 Å². The van der Waals surface area contributed by atoms with Gasteiger partial charge in [0.25, 0.3) is 5.69 Å². The van der Waals surface area contributed by atoms with Crippen molar-refractivity contribution < 1.29 is 9.31 Å². The molecule has 0 unspecified atom stereocenters. The molecule has 0 aliphatic heterocycles. The van der Waals surface area contributed by atoms with Crippen molar-refractivity contribution in [2.45, 2.75) is 6.42 Å². The predicted molar refractivity (Wildman–Crippen MR) is 76.1 cm³/mol. The molecule has 0 fully saturated rings. The summed E-state index contributed by atoms with van der Waals surface area (Å²) in [7, 11) is 0. The number of anilines is 2. The number of nitro benzene ring substituents is 1. The lowest BCUT2D eigenvalue weighted by molar-refractivity contribution is -0.383. The molecule has 0 saturated heterocycles. The number of nitrogens with zero attached hydrogens (tertiary/aromatic N) is 1. The van der Waals surface area contributed by atoms with Crippen molar-refractivity contribution in [1.82, 2.24) is 0 Å². The van der Waals surface area contributed by atoms with E-state index in [0.29, 0.717) is 18.7 Å². The van der Waals surface area contributed by atoms with Crippen LogP contribution in [-0.2, 0) is 6.42 Å². The minimum absolute atomic E-state index is 0.110. The van der Waals surface area contributed by atoms with E-state index in [4.69, 9.17) is 5.73 Å². The molecular formula is C14H14FN3O2. The fourth-order valence-corrected chi connectivity index (χ4v) is 1.87. The minimum atomic E-state index is -0.522. The largest absolute Gasteiger partial charge is 0.393 e. The van der Waals surface area contributed by atoms with Gasteiger partial charge in [0.05, 0.1) is 4.92 Å². The van der Waals surface area contributed by atoms with Crippen molar-refractivity contribution in [2.24, 2.45) is 0 Å². The Labute approximate surface area is 115 Å². The normalized spacial score (nSPS) is 10.2. The number of nitrogens with one attached hydrogen (secondary N) is 1. The lowest BCUT2D eigenvalue weighted by Crippen LogP contribution is -2.06. The highest BCUT2D eigenvalue weighted by Crippen LogP contribution is 2.24. The molecule has 0 aliphatic carbocycles. The van der Waals surface area contributed by atoms with E-state index in [-0.39, 0.29) is 17.2 Å². The van der Waals surface area contributed by atoms with Crippen LogP contribution in [0.2, 0.25) is 0 Å². The molecule has 104 valence electrons. The van der Waals surface area contributed by atoms with Gasteiger partial charge >= 0.3 is 0 Å². The van der Waals surface area contributed by atoms with Crippen LogP contribution in [0.1, 0.15) is 5.56 Å². The van der Waals surface area contributed by atoms with Crippen LogP contribution in [-0.4, -0.2) is 11.5 Å². The molecule has 0 radical (unpaired) electrons. The molecule has 0 saturated carbocycles. The Morgan fingerprint density at radius 1 is 1.25 bits per heavy atom. The molecule has 5 nitrogen and oxygen atoms in total. The smallest absolute Gasteiger partial charge is 0.292 e. The maximum absolute atomic E-state index is 13.0. The highest BCUT2D eigenvalue weighted by molar-refractivity contribution is 5.65. The van der Waals surface area contributed by atoms with Crippen molar-refractivity contribution >= 4 is 17.1 Å². The second kappa shape index (κ2) is 6.01. The number of nitrogens with two attached hydrogens (primary N) is 1. The molecule has 0 atom stereocenters. The van der Waals surface area contributed by atoms with Crippen molar-refractivity contribution in [3.63, 3.8) is 0 Å². The molecule has 0 aliphatic rings. The second-order valence-electron chi connectivity index (χ2n) is 4.34. The summed E-state index contributed by atoms with van der Waals surface area (Å²) < 4.78 is 13.0. The predicted octanol–water partition coefficient (Wildman–Crippen LogP) is 2.97.